The molecule has 0 radical (unpaired) electrons. The first-order valence-corrected chi connectivity index (χ1v) is 4.09. The van der Waals surface area contributed by atoms with Crippen molar-refractivity contribution in [2.45, 2.75) is 13.8 Å². The third-order valence-electron chi connectivity index (χ3n) is 1.73. The van der Waals surface area contributed by atoms with Gasteiger partial charge in [0.1, 0.15) is 0 Å². The van der Waals surface area contributed by atoms with E-state index in [9.17, 15) is 4.79 Å². The molecule has 0 saturated heterocycles. The van der Waals surface area contributed by atoms with Crippen LogP contribution in [0.1, 0.15) is 22.8 Å². The Bertz CT molecular complexity index is 281. The first-order valence-electron chi connectivity index (χ1n) is 4.09. The Labute approximate surface area is 72.6 Å². The van der Waals surface area contributed by atoms with Crippen molar-refractivity contribution in [1.29, 1.82) is 0 Å². The van der Waals surface area contributed by atoms with Gasteiger partial charge in [-0.2, -0.15) is 0 Å². The van der Waals surface area contributed by atoms with Gasteiger partial charge >= 0.3 is 0 Å². The van der Waals surface area contributed by atoms with Crippen LogP contribution in [0.4, 0.5) is 0 Å². The number of carbonyl (C=O) groups is 1. The van der Waals surface area contributed by atoms with Gasteiger partial charge in [0.05, 0.1) is 0 Å². The molecule has 0 heterocycles. The van der Waals surface area contributed by atoms with Crippen molar-refractivity contribution in [2.24, 2.45) is 0 Å². The molecule has 1 aromatic rings. The van der Waals surface area contributed by atoms with Gasteiger partial charge in [0.2, 0.25) is 0 Å². The highest BCUT2D eigenvalue weighted by atomic mass is 16.1. The molecule has 1 N–H and O–H groups in total. The van der Waals surface area contributed by atoms with Crippen LogP contribution in [0.15, 0.2) is 24.3 Å². The third-order valence-corrected chi connectivity index (χ3v) is 1.73. The summed E-state index contributed by atoms with van der Waals surface area (Å²) in [7, 11) is 0. The van der Waals surface area contributed by atoms with Crippen molar-refractivity contribution in [2.75, 3.05) is 6.54 Å². The van der Waals surface area contributed by atoms with Crippen LogP contribution in [0.3, 0.4) is 0 Å². The van der Waals surface area contributed by atoms with Crippen LogP contribution < -0.4 is 5.32 Å². The molecule has 64 valence electrons. The molecule has 0 aliphatic rings. The first kappa shape index (κ1) is 8.78. The molecule has 0 spiro atoms. The minimum Gasteiger partial charge on any atom is -0.352 e. The highest BCUT2D eigenvalue weighted by molar-refractivity contribution is 5.95. The molecule has 0 aromatic heterocycles. The van der Waals surface area contributed by atoms with Gasteiger partial charge < -0.3 is 5.32 Å². The summed E-state index contributed by atoms with van der Waals surface area (Å²) in [5.74, 6) is 0.00981. The van der Waals surface area contributed by atoms with Gasteiger partial charge in [-0.3, -0.25) is 4.79 Å². The predicted molar refractivity (Wildman–Crippen MR) is 49.2 cm³/mol. The Morgan fingerprint density at radius 3 is 2.67 bits per heavy atom. The molecule has 0 fully saturated rings. The van der Waals surface area contributed by atoms with Crippen molar-refractivity contribution in [1.82, 2.24) is 5.32 Å². The minimum atomic E-state index is 0.00981. The van der Waals surface area contributed by atoms with Crippen LogP contribution in [-0.2, 0) is 0 Å². The molecule has 0 unspecified atom stereocenters. The van der Waals surface area contributed by atoms with Gasteiger partial charge in [0.25, 0.3) is 5.91 Å². The van der Waals surface area contributed by atoms with Crippen molar-refractivity contribution in [3.8, 4) is 0 Å². The van der Waals surface area contributed by atoms with E-state index in [4.69, 9.17) is 0 Å². The molecule has 1 rings (SSSR count). The smallest absolute Gasteiger partial charge is 0.251 e. The van der Waals surface area contributed by atoms with E-state index in [1.165, 1.54) is 0 Å². The standard InChI is InChI=1S/C10H13NO/c1-3-11-10(12)9-7-5-4-6-8(9)2/h4-7H,3H2,1-2H3,(H,11,12). The zero-order valence-electron chi connectivity index (χ0n) is 7.42. The van der Waals surface area contributed by atoms with Crippen LogP contribution >= 0.6 is 0 Å². The van der Waals surface area contributed by atoms with E-state index in [1.54, 1.807) is 0 Å². The molecule has 1 aromatic carbocycles. The van der Waals surface area contributed by atoms with Crippen molar-refractivity contribution in [3.63, 3.8) is 0 Å². The quantitative estimate of drug-likeness (QED) is 0.707. The monoisotopic (exact) mass is 163 g/mol. The SMILES string of the molecule is CCNC(=O)c1ccccc1C. The summed E-state index contributed by atoms with van der Waals surface area (Å²) < 4.78 is 0. The summed E-state index contributed by atoms with van der Waals surface area (Å²) in [5, 5.41) is 2.76. The zero-order chi connectivity index (χ0) is 8.97. The summed E-state index contributed by atoms with van der Waals surface area (Å²) in [6, 6.07) is 7.57. The number of rotatable bonds is 2. The number of aryl methyl sites for hydroxylation is 1. The topological polar surface area (TPSA) is 29.1 Å². The lowest BCUT2D eigenvalue weighted by molar-refractivity contribution is 0.0955. The Hall–Kier alpha value is -1.31. The van der Waals surface area contributed by atoms with Gasteiger partial charge in [-0.15, -0.1) is 0 Å². The lowest BCUT2D eigenvalue weighted by Crippen LogP contribution is -2.23. The van der Waals surface area contributed by atoms with Crippen LogP contribution in [0.2, 0.25) is 0 Å². The number of hydrogen-bond acceptors (Lipinski definition) is 1. The zero-order valence-corrected chi connectivity index (χ0v) is 7.42. The van der Waals surface area contributed by atoms with E-state index in [0.29, 0.717) is 6.54 Å². The van der Waals surface area contributed by atoms with E-state index >= 15 is 0 Å². The Kier molecular flexibility index (Phi) is 2.86. The van der Waals surface area contributed by atoms with Crippen LogP contribution in [0.25, 0.3) is 0 Å². The largest absolute Gasteiger partial charge is 0.352 e. The number of amides is 1. The molecule has 0 saturated carbocycles. The molecule has 2 nitrogen and oxygen atoms in total. The average Bonchev–Trinajstić information content (AvgIpc) is 2.05. The summed E-state index contributed by atoms with van der Waals surface area (Å²) in [4.78, 5) is 11.4. The van der Waals surface area contributed by atoms with E-state index in [1.807, 2.05) is 38.1 Å². The molecule has 12 heavy (non-hydrogen) atoms. The Morgan fingerprint density at radius 1 is 1.42 bits per heavy atom. The maximum absolute atomic E-state index is 11.4. The molecule has 1 amide bonds. The van der Waals surface area contributed by atoms with Crippen molar-refractivity contribution in [3.05, 3.63) is 35.4 Å². The first-order chi connectivity index (χ1) is 5.75. The van der Waals surface area contributed by atoms with Crippen molar-refractivity contribution < 1.29 is 4.79 Å². The lowest BCUT2D eigenvalue weighted by atomic mass is 10.1. The van der Waals surface area contributed by atoms with E-state index < -0.39 is 0 Å². The average molecular weight is 163 g/mol. The van der Waals surface area contributed by atoms with Gasteiger partial charge in [0.15, 0.2) is 0 Å². The van der Waals surface area contributed by atoms with Gasteiger partial charge in [-0.05, 0) is 25.5 Å². The number of nitrogens with one attached hydrogen (secondary N) is 1. The number of carbonyl (C=O) groups excluding carboxylic acids is 1. The summed E-state index contributed by atoms with van der Waals surface area (Å²) in [6.45, 7) is 4.52. The van der Waals surface area contributed by atoms with Crippen LogP contribution in [-0.4, -0.2) is 12.5 Å². The molecular formula is C10H13NO. The van der Waals surface area contributed by atoms with Crippen LogP contribution in [0, 0.1) is 6.92 Å². The fourth-order valence-electron chi connectivity index (χ4n) is 1.08. The highest BCUT2D eigenvalue weighted by Crippen LogP contribution is 2.05. The fraction of sp³-hybridized carbons (Fsp3) is 0.300. The molecule has 0 aliphatic heterocycles. The van der Waals surface area contributed by atoms with E-state index in [-0.39, 0.29) is 5.91 Å². The van der Waals surface area contributed by atoms with E-state index in [0.717, 1.165) is 11.1 Å². The van der Waals surface area contributed by atoms with Gasteiger partial charge in [-0.1, -0.05) is 18.2 Å². The molecule has 0 atom stereocenters. The van der Waals surface area contributed by atoms with Crippen molar-refractivity contribution >= 4 is 5.91 Å². The predicted octanol–water partition coefficient (Wildman–Crippen LogP) is 1.74. The third kappa shape index (κ3) is 1.84. The number of benzene rings is 1. The van der Waals surface area contributed by atoms with Gasteiger partial charge in [0, 0.05) is 12.1 Å². The van der Waals surface area contributed by atoms with E-state index in [2.05, 4.69) is 5.32 Å². The Balaban J connectivity index is 2.87. The second-order valence-corrected chi connectivity index (χ2v) is 2.67. The summed E-state index contributed by atoms with van der Waals surface area (Å²) >= 11 is 0. The van der Waals surface area contributed by atoms with Gasteiger partial charge in [-0.25, -0.2) is 0 Å². The summed E-state index contributed by atoms with van der Waals surface area (Å²) in [6.07, 6.45) is 0. The Morgan fingerprint density at radius 2 is 2.08 bits per heavy atom. The second kappa shape index (κ2) is 3.90. The highest BCUT2D eigenvalue weighted by Gasteiger charge is 2.04. The summed E-state index contributed by atoms with van der Waals surface area (Å²) in [5.41, 5.74) is 1.78. The normalized spacial score (nSPS) is 9.50. The molecule has 0 aliphatic carbocycles. The minimum absolute atomic E-state index is 0.00981. The molecule has 0 bridgehead atoms. The maximum atomic E-state index is 11.4. The van der Waals surface area contributed by atoms with Crippen LogP contribution in [0.5, 0.6) is 0 Å². The molecule has 2 heteroatoms. The number of hydrogen-bond donors (Lipinski definition) is 1. The lowest BCUT2D eigenvalue weighted by Gasteiger charge is -2.04. The second-order valence-electron chi connectivity index (χ2n) is 2.67. The molecular weight excluding hydrogens is 150 g/mol. The fourth-order valence-corrected chi connectivity index (χ4v) is 1.08. The maximum Gasteiger partial charge on any atom is 0.251 e.